The number of thiazole rings is 1. The van der Waals surface area contributed by atoms with Gasteiger partial charge in [-0.25, -0.2) is 4.98 Å². The minimum Gasteiger partial charge on any atom is -0.494 e. The van der Waals surface area contributed by atoms with Gasteiger partial charge in [-0.05, 0) is 25.0 Å². The van der Waals surface area contributed by atoms with Crippen LogP contribution in [0.3, 0.4) is 0 Å². The lowest BCUT2D eigenvalue weighted by Gasteiger charge is -2.04. The summed E-state index contributed by atoms with van der Waals surface area (Å²) in [7, 11) is 0. The van der Waals surface area contributed by atoms with Crippen LogP contribution in [0, 0.1) is 6.92 Å². The van der Waals surface area contributed by atoms with Gasteiger partial charge in [0.05, 0.1) is 21.8 Å². The quantitative estimate of drug-likeness (QED) is 0.713. The summed E-state index contributed by atoms with van der Waals surface area (Å²) in [4.78, 5) is 4.56. The second kappa shape index (κ2) is 6.01. The van der Waals surface area contributed by atoms with Gasteiger partial charge in [0.1, 0.15) is 5.75 Å². The van der Waals surface area contributed by atoms with Gasteiger partial charge in [0.15, 0.2) is 0 Å². The zero-order chi connectivity index (χ0) is 12.1. The molecular weight excluding hydrogens is 230 g/mol. The Morgan fingerprint density at radius 1 is 1.35 bits per heavy atom. The summed E-state index contributed by atoms with van der Waals surface area (Å²) >= 11 is 1.76. The van der Waals surface area contributed by atoms with Gasteiger partial charge in [0.25, 0.3) is 0 Å². The second-order valence-corrected chi connectivity index (χ2v) is 5.12. The molecule has 2 rings (SSSR count). The van der Waals surface area contributed by atoms with Gasteiger partial charge in [-0.15, -0.1) is 11.3 Å². The first-order valence-corrected chi connectivity index (χ1v) is 6.96. The van der Waals surface area contributed by atoms with Gasteiger partial charge >= 0.3 is 0 Å². The number of hydrogen-bond acceptors (Lipinski definition) is 3. The fraction of sp³-hybridized carbons (Fsp3) is 0.429. The molecule has 0 N–H and O–H groups in total. The van der Waals surface area contributed by atoms with Crippen LogP contribution >= 0.6 is 11.3 Å². The molecule has 3 heteroatoms. The van der Waals surface area contributed by atoms with Crippen LogP contribution in [-0.2, 0) is 6.42 Å². The Labute approximate surface area is 107 Å². The number of aromatic nitrogens is 1. The normalized spacial score (nSPS) is 10.9. The summed E-state index contributed by atoms with van der Waals surface area (Å²) in [5.41, 5.74) is 1.06. The Morgan fingerprint density at radius 2 is 2.24 bits per heavy atom. The minimum atomic E-state index is 0.770. The molecule has 0 saturated heterocycles. The molecule has 91 valence electrons. The smallest absolute Gasteiger partial charge is 0.121 e. The zero-order valence-electron chi connectivity index (χ0n) is 10.2. The van der Waals surface area contributed by atoms with E-state index in [0.717, 1.165) is 43.6 Å². The Morgan fingerprint density at radius 3 is 3.00 bits per heavy atom. The van der Waals surface area contributed by atoms with E-state index in [1.807, 2.05) is 12.1 Å². The van der Waals surface area contributed by atoms with E-state index in [1.54, 1.807) is 11.3 Å². The Kier molecular flexibility index (Phi) is 4.37. The molecule has 2 aromatic rings. The van der Waals surface area contributed by atoms with Gasteiger partial charge in [0.2, 0.25) is 0 Å². The molecule has 1 heterocycles. The number of rotatable bonds is 6. The van der Waals surface area contributed by atoms with Crippen molar-refractivity contribution >= 4 is 21.6 Å². The monoisotopic (exact) mass is 248 g/mol. The number of unbranched alkanes of at least 4 members (excludes halogenated alkanes) is 2. The molecule has 1 aromatic carbocycles. The van der Waals surface area contributed by atoms with Gasteiger partial charge in [-0.2, -0.15) is 0 Å². The number of benzene rings is 1. The highest BCUT2D eigenvalue weighted by Crippen LogP contribution is 2.26. The zero-order valence-corrected chi connectivity index (χ0v) is 11.1. The molecule has 0 aliphatic heterocycles. The highest BCUT2D eigenvalue weighted by Gasteiger charge is 2.03. The van der Waals surface area contributed by atoms with Crippen LogP contribution in [0.1, 0.15) is 31.2 Å². The molecule has 0 atom stereocenters. The molecule has 0 spiro atoms. The summed E-state index contributed by atoms with van der Waals surface area (Å²) in [5, 5.41) is 1.19. The standard InChI is InChI=1S/C14H18NOS/c1-3-5-6-9-16-11-7-8-13-12(10-11)15-14(4-2)17-13/h7-8,10H,1,3-6,9H2,2H3. The fourth-order valence-corrected chi connectivity index (χ4v) is 2.55. The van der Waals surface area contributed by atoms with Crippen LogP contribution in [0.25, 0.3) is 10.2 Å². The van der Waals surface area contributed by atoms with Crippen LogP contribution in [0.15, 0.2) is 18.2 Å². The average Bonchev–Trinajstić information content (AvgIpc) is 2.77. The minimum absolute atomic E-state index is 0.770. The van der Waals surface area contributed by atoms with E-state index in [1.165, 1.54) is 9.71 Å². The molecular formula is C14H18NOS. The van der Waals surface area contributed by atoms with E-state index in [-0.39, 0.29) is 0 Å². The summed E-state index contributed by atoms with van der Waals surface area (Å²) in [6.07, 6.45) is 4.17. The predicted octanol–water partition coefficient (Wildman–Crippen LogP) is 4.24. The summed E-state index contributed by atoms with van der Waals surface area (Å²) in [6.45, 7) is 6.72. The first-order valence-electron chi connectivity index (χ1n) is 6.15. The van der Waals surface area contributed by atoms with Crippen molar-refractivity contribution in [2.45, 2.75) is 32.6 Å². The largest absolute Gasteiger partial charge is 0.494 e. The maximum atomic E-state index is 5.70. The molecule has 0 bridgehead atoms. The van der Waals surface area contributed by atoms with Crippen LogP contribution in [-0.4, -0.2) is 11.6 Å². The number of ether oxygens (including phenoxy) is 1. The van der Waals surface area contributed by atoms with Gasteiger partial charge in [-0.3, -0.25) is 0 Å². The summed E-state index contributed by atoms with van der Waals surface area (Å²) in [5.74, 6) is 0.925. The Hall–Kier alpha value is -1.09. The second-order valence-electron chi connectivity index (χ2n) is 4.00. The van der Waals surface area contributed by atoms with Crippen LogP contribution in [0.2, 0.25) is 0 Å². The van der Waals surface area contributed by atoms with Crippen molar-refractivity contribution in [1.82, 2.24) is 4.98 Å². The van der Waals surface area contributed by atoms with E-state index in [4.69, 9.17) is 4.74 Å². The Bertz CT molecular complexity index is 478. The van der Waals surface area contributed by atoms with Crippen molar-refractivity contribution in [1.29, 1.82) is 0 Å². The van der Waals surface area contributed by atoms with E-state index in [0.29, 0.717) is 0 Å². The maximum absolute atomic E-state index is 5.70. The maximum Gasteiger partial charge on any atom is 0.121 e. The van der Waals surface area contributed by atoms with E-state index in [9.17, 15) is 0 Å². The molecule has 0 amide bonds. The molecule has 1 radical (unpaired) electrons. The SMILES string of the molecule is [CH2]CCCCOc1ccc2sc(CC)nc2c1. The van der Waals surface area contributed by atoms with Crippen LogP contribution in [0.5, 0.6) is 5.75 Å². The summed E-state index contributed by atoms with van der Waals surface area (Å²) < 4.78 is 6.94. The molecule has 0 aliphatic carbocycles. The topological polar surface area (TPSA) is 22.1 Å². The predicted molar refractivity (Wildman–Crippen MR) is 73.7 cm³/mol. The number of aryl methyl sites for hydroxylation is 1. The first-order chi connectivity index (χ1) is 8.33. The third kappa shape index (κ3) is 3.19. The molecule has 17 heavy (non-hydrogen) atoms. The van der Waals surface area contributed by atoms with Crippen molar-refractivity contribution in [2.75, 3.05) is 6.61 Å². The van der Waals surface area contributed by atoms with E-state index >= 15 is 0 Å². The van der Waals surface area contributed by atoms with Crippen molar-refractivity contribution in [3.63, 3.8) is 0 Å². The van der Waals surface area contributed by atoms with Crippen molar-refractivity contribution in [2.24, 2.45) is 0 Å². The highest BCUT2D eigenvalue weighted by molar-refractivity contribution is 7.18. The van der Waals surface area contributed by atoms with E-state index < -0.39 is 0 Å². The lowest BCUT2D eigenvalue weighted by Crippen LogP contribution is -1.96. The lowest BCUT2D eigenvalue weighted by molar-refractivity contribution is 0.307. The molecule has 0 unspecified atom stereocenters. The van der Waals surface area contributed by atoms with Crippen molar-refractivity contribution in [3.05, 3.63) is 30.1 Å². The molecule has 0 fully saturated rings. The molecule has 1 aromatic heterocycles. The highest BCUT2D eigenvalue weighted by atomic mass is 32.1. The Balaban J connectivity index is 2.03. The van der Waals surface area contributed by atoms with Gasteiger partial charge in [0, 0.05) is 6.07 Å². The van der Waals surface area contributed by atoms with Crippen LogP contribution < -0.4 is 4.74 Å². The third-order valence-corrected chi connectivity index (χ3v) is 3.80. The fourth-order valence-electron chi connectivity index (χ4n) is 1.66. The molecule has 0 saturated carbocycles. The van der Waals surface area contributed by atoms with Crippen molar-refractivity contribution in [3.8, 4) is 5.75 Å². The van der Waals surface area contributed by atoms with Gasteiger partial charge in [-0.1, -0.05) is 26.7 Å². The summed E-state index contributed by atoms with van der Waals surface area (Å²) in [6, 6.07) is 6.17. The number of fused-ring (bicyclic) bond motifs is 1. The average molecular weight is 248 g/mol. The van der Waals surface area contributed by atoms with E-state index in [2.05, 4.69) is 24.9 Å². The van der Waals surface area contributed by atoms with Gasteiger partial charge < -0.3 is 4.74 Å². The first kappa shape index (κ1) is 12.4. The third-order valence-electron chi connectivity index (χ3n) is 2.62. The number of nitrogens with zero attached hydrogens (tertiary/aromatic N) is 1. The van der Waals surface area contributed by atoms with Crippen molar-refractivity contribution < 1.29 is 4.74 Å². The lowest BCUT2D eigenvalue weighted by atomic mass is 10.3. The number of hydrogen-bond donors (Lipinski definition) is 0. The molecule has 0 aliphatic rings. The molecule has 2 nitrogen and oxygen atoms in total. The van der Waals surface area contributed by atoms with Crippen LogP contribution in [0.4, 0.5) is 0 Å².